The summed E-state index contributed by atoms with van der Waals surface area (Å²) in [7, 11) is 0. The minimum atomic E-state index is -0.114. The Morgan fingerprint density at radius 2 is 1.76 bits per heavy atom. The third-order valence-corrected chi connectivity index (χ3v) is 3.95. The van der Waals surface area contributed by atoms with Crippen molar-refractivity contribution in [3.8, 4) is 0 Å². The van der Waals surface area contributed by atoms with Crippen LogP contribution in [0.15, 0.2) is 18.2 Å². The number of carbonyl (C=O) groups is 1. The van der Waals surface area contributed by atoms with Crippen molar-refractivity contribution in [2.75, 3.05) is 5.32 Å². The van der Waals surface area contributed by atoms with E-state index in [9.17, 15) is 4.79 Å². The summed E-state index contributed by atoms with van der Waals surface area (Å²) in [5.41, 5.74) is 3.41. The van der Waals surface area contributed by atoms with E-state index in [1.807, 2.05) is 6.92 Å². The van der Waals surface area contributed by atoms with Gasteiger partial charge in [0.25, 0.3) is 0 Å². The van der Waals surface area contributed by atoms with Gasteiger partial charge in [-0.25, -0.2) is 0 Å². The fourth-order valence-electron chi connectivity index (χ4n) is 1.79. The van der Waals surface area contributed by atoms with Gasteiger partial charge in [-0.3, -0.25) is 4.79 Å². The molecule has 0 heterocycles. The predicted octanol–water partition coefficient (Wildman–Crippen LogP) is 3.92. The molecule has 0 radical (unpaired) electrons. The Labute approximate surface area is 112 Å². The second-order valence-corrected chi connectivity index (χ2v) is 5.13. The topological polar surface area (TPSA) is 29.1 Å². The summed E-state index contributed by atoms with van der Waals surface area (Å²) in [6.45, 7) is 6.21. The Bertz CT molecular complexity index is 368. The highest BCUT2D eigenvalue weighted by Crippen LogP contribution is 2.23. The van der Waals surface area contributed by atoms with Gasteiger partial charge in [0, 0.05) is 5.69 Å². The summed E-state index contributed by atoms with van der Waals surface area (Å²) in [6, 6.07) is 6.20. The average Bonchev–Trinajstić information content (AvgIpc) is 2.37. The molecule has 3 heteroatoms. The standard InChI is InChI=1S/C14H20BrNO/c1-4-10-8-7-9-11(5-2)13(10)16-14(17)12(15)6-3/h7-9,12H,4-6H2,1-3H3,(H,16,17). The molecule has 1 unspecified atom stereocenters. The Hall–Kier alpha value is -0.830. The van der Waals surface area contributed by atoms with Crippen LogP contribution in [0.5, 0.6) is 0 Å². The predicted molar refractivity (Wildman–Crippen MR) is 76.8 cm³/mol. The first-order chi connectivity index (χ1) is 8.13. The smallest absolute Gasteiger partial charge is 0.238 e. The van der Waals surface area contributed by atoms with Crippen LogP contribution in [0, 0.1) is 0 Å². The molecule has 0 saturated carbocycles. The molecule has 0 aliphatic heterocycles. The molecule has 1 rings (SSSR count). The first kappa shape index (κ1) is 14.2. The van der Waals surface area contributed by atoms with Crippen LogP contribution in [0.1, 0.15) is 38.3 Å². The van der Waals surface area contributed by atoms with Crippen LogP contribution in [-0.4, -0.2) is 10.7 Å². The molecule has 0 spiro atoms. The fourth-order valence-corrected chi connectivity index (χ4v) is 1.90. The molecule has 0 saturated heterocycles. The fraction of sp³-hybridized carbons (Fsp3) is 0.500. The zero-order valence-electron chi connectivity index (χ0n) is 10.7. The highest BCUT2D eigenvalue weighted by atomic mass is 79.9. The first-order valence-electron chi connectivity index (χ1n) is 6.19. The van der Waals surface area contributed by atoms with Crippen LogP contribution in [0.4, 0.5) is 5.69 Å². The zero-order chi connectivity index (χ0) is 12.8. The van der Waals surface area contributed by atoms with Crippen LogP contribution in [0.25, 0.3) is 0 Å². The van der Waals surface area contributed by atoms with Crippen molar-refractivity contribution >= 4 is 27.5 Å². The molecule has 17 heavy (non-hydrogen) atoms. The van der Waals surface area contributed by atoms with Crippen molar-refractivity contribution < 1.29 is 4.79 Å². The second-order valence-electron chi connectivity index (χ2n) is 4.02. The van der Waals surface area contributed by atoms with Crippen molar-refractivity contribution in [2.45, 2.75) is 44.9 Å². The number of nitrogens with one attached hydrogen (secondary N) is 1. The first-order valence-corrected chi connectivity index (χ1v) is 7.11. The molecule has 1 aromatic carbocycles. The number of anilines is 1. The monoisotopic (exact) mass is 297 g/mol. The van der Waals surface area contributed by atoms with Crippen LogP contribution < -0.4 is 5.32 Å². The van der Waals surface area contributed by atoms with Gasteiger partial charge >= 0.3 is 0 Å². The Balaban J connectivity index is 2.99. The van der Waals surface area contributed by atoms with E-state index in [-0.39, 0.29) is 10.7 Å². The van der Waals surface area contributed by atoms with E-state index in [0.717, 1.165) is 24.9 Å². The lowest BCUT2D eigenvalue weighted by atomic mass is 10.0. The summed E-state index contributed by atoms with van der Waals surface area (Å²) >= 11 is 3.38. The van der Waals surface area contributed by atoms with Crippen molar-refractivity contribution in [1.29, 1.82) is 0 Å². The lowest BCUT2D eigenvalue weighted by Gasteiger charge is -2.16. The van der Waals surface area contributed by atoms with Gasteiger partial charge in [-0.2, -0.15) is 0 Å². The van der Waals surface area contributed by atoms with Gasteiger partial charge in [0.2, 0.25) is 5.91 Å². The van der Waals surface area contributed by atoms with Crippen molar-refractivity contribution in [3.05, 3.63) is 29.3 Å². The molecule has 2 nitrogen and oxygen atoms in total. The van der Waals surface area contributed by atoms with Crippen LogP contribution in [-0.2, 0) is 17.6 Å². The van der Waals surface area contributed by atoms with Gasteiger partial charge in [-0.15, -0.1) is 0 Å². The van der Waals surface area contributed by atoms with E-state index in [2.05, 4.69) is 53.3 Å². The summed E-state index contributed by atoms with van der Waals surface area (Å²) < 4.78 is 0. The number of carbonyl (C=O) groups excluding carboxylic acids is 1. The minimum absolute atomic E-state index is 0.0445. The Morgan fingerprint density at radius 1 is 1.24 bits per heavy atom. The molecule has 0 aliphatic rings. The summed E-state index contributed by atoms with van der Waals surface area (Å²) in [5, 5.41) is 3.05. The highest BCUT2D eigenvalue weighted by molar-refractivity contribution is 9.10. The maximum atomic E-state index is 11.9. The molecular formula is C14H20BrNO. The van der Waals surface area contributed by atoms with Gasteiger partial charge in [-0.1, -0.05) is 54.9 Å². The van der Waals surface area contributed by atoms with E-state index in [0.29, 0.717) is 0 Å². The van der Waals surface area contributed by atoms with Gasteiger partial charge in [0.05, 0.1) is 4.83 Å². The van der Waals surface area contributed by atoms with Crippen LogP contribution in [0.3, 0.4) is 0 Å². The third kappa shape index (κ3) is 3.56. The minimum Gasteiger partial charge on any atom is -0.325 e. The van der Waals surface area contributed by atoms with Crippen molar-refractivity contribution in [3.63, 3.8) is 0 Å². The summed E-state index contributed by atoms with van der Waals surface area (Å²) in [4.78, 5) is 11.8. The molecule has 0 aromatic heterocycles. The zero-order valence-corrected chi connectivity index (χ0v) is 12.3. The quantitative estimate of drug-likeness (QED) is 0.820. The third-order valence-electron chi connectivity index (χ3n) is 2.89. The number of aryl methyl sites for hydroxylation is 2. The molecule has 94 valence electrons. The lowest BCUT2D eigenvalue weighted by Crippen LogP contribution is -2.23. The van der Waals surface area contributed by atoms with Crippen LogP contribution >= 0.6 is 15.9 Å². The average molecular weight is 298 g/mol. The van der Waals surface area contributed by atoms with Gasteiger partial charge in [-0.05, 0) is 30.4 Å². The maximum Gasteiger partial charge on any atom is 0.238 e. The van der Waals surface area contributed by atoms with Crippen LogP contribution in [0.2, 0.25) is 0 Å². The molecular weight excluding hydrogens is 278 g/mol. The van der Waals surface area contributed by atoms with Gasteiger partial charge in [0.1, 0.15) is 0 Å². The number of rotatable bonds is 5. The molecule has 0 fully saturated rings. The Kier molecular flexibility index (Phi) is 5.69. The molecule has 1 N–H and O–H groups in total. The summed E-state index contributed by atoms with van der Waals surface area (Å²) in [6.07, 6.45) is 2.66. The van der Waals surface area contributed by atoms with Crippen molar-refractivity contribution in [1.82, 2.24) is 0 Å². The largest absolute Gasteiger partial charge is 0.325 e. The second kappa shape index (κ2) is 6.80. The molecule has 1 amide bonds. The van der Waals surface area contributed by atoms with E-state index in [1.165, 1.54) is 11.1 Å². The molecule has 0 aliphatic carbocycles. The number of hydrogen-bond donors (Lipinski definition) is 1. The van der Waals surface area contributed by atoms with E-state index < -0.39 is 0 Å². The Morgan fingerprint density at radius 3 is 2.18 bits per heavy atom. The van der Waals surface area contributed by atoms with E-state index >= 15 is 0 Å². The highest BCUT2D eigenvalue weighted by Gasteiger charge is 2.15. The number of halogens is 1. The number of para-hydroxylation sites is 1. The van der Waals surface area contributed by atoms with E-state index in [4.69, 9.17) is 0 Å². The number of amides is 1. The molecule has 0 bridgehead atoms. The number of hydrogen-bond acceptors (Lipinski definition) is 1. The molecule has 1 atom stereocenters. The molecule has 1 aromatic rings. The summed E-state index contributed by atoms with van der Waals surface area (Å²) in [5.74, 6) is 0.0445. The normalized spacial score (nSPS) is 12.2. The van der Waals surface area contributed by atoms with Crippen molar-refractivity contribution in [2.24, 2.45) is 0 Å². The van der Waals surface area contributed by atoms with E-state index in [1.54, 1.807) is 0 Å². The number of alkyl halides is 1. The maximum absolute atomic E-state index is 11.9. The SMILES string of the molecule is CCc1cccc(CC)c1NC(=O)C(Br)CC. The van der Waals surface area contributed by atoms with Gasteiger partial charge < -0.3 is 5.32 Å². The lowest BCUT2D eigenvalue weighted by molar-refractivity contribution is -0.115. The van der Waals surface area contributed by atoms with Gasteiger partial charge in [0.15, 0.2) is 0 Å². The number of benzene rings is 1.